The Bertz CT molecular complexity index is 1330. The van der Waals surface area contributed by atoms with Gasteiger partial charge in [-0.1, -0.05) is 54.1 Å². The molecule has 3 aromatic rings. The molecule has 2 aliphatic heterocycles. The molecule has 0 bridgehead atoms. The molecule has 0 spiro atoms. The molecule has 0 aliphatic carbocycles. The van der Waals surface area contributed by atoms with Crippen LogP contribution in [0.3, 0.4) is 0 Å². The Morgan fingerprint density at radius 2 is 1.70 bits per heavy atom. The first-order valence-corrected chi connectivity index (χ1v) is 13.8. The monoisotopic (exact) mass is 533 g/mol. The SMILES string of the molecule is O=C(O)CCc1ccc(C(Nc2ccc(CN3CCSCC3)cc2)=C2C(=O)Nc3cc(Cl)ccc32)cc1. The minimum absolute atomic E-state index is 0.0741. The number of carboxylic acid groups (broad SMARTS) is 1. The summed E-state index contributed by atoms with van der Waals surface area (Å²) in [5.74, 6) is 1.34. The molecule has 1 amide bonds. The van der Waals surface area contributed by atoms with Crippen LogP contribution in [0.5, 0.6) is 0 Å². The largest absolute Gasteiger partial charge is 0.481 e. The van der Waals surface area contributed by atoms with Gasteiger partial charge in [0.2, 0.25) is 0 Å². The molecule has 0 aromatic heterocycles. The molecule has 3 N–H and O–H groups in total. The van der Waals surface area contributed by atoms with E-state index in [2.05, 4.69) is 27.7 Å². The molecule has 2 aliphatic rings. The van der Waals surface area contributed by atoms with E-state index in [0.717, 1.165) is 42.0 Å². The van der Waals surface area contributed by atoms with Gasteiger partial charge in [0.05, 0.1) is 17.0 Å². The van der Waals surface area contributed by atoms with Gasteiger partial charge in [-0.3, -0.25) is 14.5 Å². The van der Waals surface area contributed by atoms with Crippen LogP contribution >= 0.6 is 23.4 Å². The number of aryl methyl sites for hydroxylation is 1. The third-order valence-electron chi connectivity index (χ3n) is 6.58. The molecule has 6 nitrogen and oxygen atoms in total. The molecule has 0 radical (unpaired) electrons. The molecule has 1 fully saturated rings. The predicted octanol–water partition coefficient (Wildman–Crippen LogP) is 5.84. The third-order valence-corrected chi connectivity index (χ3v) is 7.76. The number of carbonyl (C=O) groups is 2. The molecule has 1 saturated heterocycles. The molecule has 0 saturated carbocycles. The minimum Gasteiger partial charge on any atom is -0.481 e. The number of aliphatic carboxylic acids is 1. The van der Waals surface area contributed by atoms with Crippen molar-refractivity contribution in [2.75, 3.05) is 35.2 Å². The van der Waals surface area contributed by atoms with Crippen LogP contribution in [0.2, 0.25) is 5.02 Å². The number of carbonyl (C=O) groups excluding carboxylic acids is 1. The zero-order chi connectivity index (χ0) is 25.8. The number of carboxylic acids is 1. The lowest BCUT2D eigenvalue weighted by molar-refractivity contribution is -0.137. The van der Waals surface area contributed by atoms with Crippen LogP contribution in [0.15, 0.2) is 66.7 Å². The summed E-state index contributed by atoms with van der Waals surface area (Å²) in [6, 6.07) is 21.4. The van der Waals surface area contributed by atoms with Gasteiger partial charge in [0.1, 0.15) is 0 Å². The maximum absolute atomic E-state index is 13.1. The first-order chi connectivity index (χ1) is 18.0. The van der Waals surface area contributed by atoms with Gasteiger partial charge in [-0.15, -0.1) is 0 Å². The molecular weight excluding hydrogens is 506 g/mol. The number of thioether (sulfide) groups is 1. The van der Waals surface area contributed by atoms with Gasteiger partial charge < -0.3 is 15.7 Å². The highest BCUT2D eigenvalue weighted by molar-refractivity contribution is 7.99. The van der Waals surface area contributed by atoms with Crippen LogP contribution in [0.1, 0.15) is 28.7 Å². The summed E-state index contributed by atoms with van der Waals surface area (Å²) < 4.78 is 0. The number of fused-ring (bicyclic) bond motifs is 1. The molecule has 3 aromatic carbocycles. The van der Waals surface area contributed by atoms with Crippen molar-refractivity contribution in [2.24, 2.45) is 0 Å². The molecule has 0 atom stereocenters. The van der Waals surface area contributed by atoms with Crippen molar-refractivity contribution in [1.82, 2.24) is 4.90 Å². The summed E-state index contributed by atoms with van der Waals surface area (Å²) in [4.78, 5) is 26.6. The fraction of sp³-hybridized carbons (Fsp3) is 0.241. The first kappa shape index (κ1) is 25.4. The van der Waals surface area contributed by atoms with Gasteiger partial charge in [0.15, 0.2) is 0 Å². The molecule has 190 valence electrons. The van der Waals surface area contributed by atoms with Gasteiger partial charge in [-0.25, -0.2) is 0 Å². The Morgan fingerprint density at radius 1 is 1.00 bits per heavy atom. The van der Waals surface area contributed by atoms with Crippen molar-refractivity contribution >= 4 is 57.9 Å². The smallest absolute Gasteiger partial charge is 0.303 e. The lowest BCUT2D eigenvalue weighted by Crippen LogP contribution is -2.31. The summed E-state index contributed by atoms with van der Waals surface area (Å²) in [6.45, 7) is 3.16. The molecule has 8 heteroatoms. The summed E-state index contributed by atoms with van der Waals surface area (Å²) in [5, 5.41) is 16.0. The van der Waals surface area contributed by atoms with Gasteiger partial charge in [-0.05, 0) is 47.4 Å². The minimum atomic E-state index is -0.825. The van der Waals surface area contributed by atoms with Gasteiger partial charge in [-0.2, -0.15) is 11.8 Å². The standard InChI is InChI=1S/C29H28ClN3O3S/c30-22-8-11-24-25(17-22)32-29(36)27(24)28(21-6-1-19(2-7-21)5-12-26(34)35)31-23-9-3-20(4-10-23)18-33-13-15-37-16-14-33/h1-4,6-11,17,31H,5,12-16,18H2,(H,32,36)(H,34,35). The van der Waals surface area contributed by atoms with Crippen molar-refractivity contribution in [1.29, 1.82) is 0 Å². The van der Waals surface area contributed by atoms with Crippen LogP contribution in [-0.4, -0.2) is 46.5 Å². The Labute approximate surface area is 225 Å². The Morgan fingerprint density at radius 3 is 2.41 bits per heavy atom. The van der Waals surface area contributed by atoms with E-state index in [1.807, 2.05) is 54.2 Å². The number of nitrogens with zero attached hydrogens (tertiary/aromatic N) is 1. The normalized spacial score (nSPS) is 16.7. The highest BCUT2D eigenvalue weighted by atomic mass is 35.5. The Hall–Kier alpha value is -3.26. The number of anilines is 2. The number of hydrogen-bond acceptors (Lipinski definition) is 5. The van der Waals surface area contributed by atoms with E-state index >= 15 is 0 Å². The molecule has 0 unspecified atom stereocenters. The lowest BCUT2D eigenvalue weighted by atomic mass is 9.98. The number of benzene rings is 3. The fourth-order valence-electron chi connectivity index (χ4n) is 4.62. The number of amides is 1. The second kappa shape index (κ2) is 11.4. The number of halogens is 1. The van der Waals surface area contributed by atoms with Crippen molar-refractivity contribution in [3.63, 3.8) is 0 Å². The molecule has 37 heavy (non-hydrogen) atoms. The fourth-order valence-corrected chi connectivity index (χ4v) is 5.77. The summed E-state index contributed by atoms with van der Waals surface area (Å²) >= 11 is 8.18. The van der Waals surface area contributed by atoms with Gasteiger partial charge >= 0.3 is 5.97 Å². The van der Waals surface area contributed by atoms with E-state index < -0.39 is 5.97 Å². The first-order valence-electron chi connectivity index (χ1n) is 12.3. The molecule has 5 rings (SSSR count). The van der Waals surface area contributed by atoms with Gasteiger partial charge in [0, 0.05) is 53.8 Å². The summed E-state index contributed by atoms with van der Waals surface area (Å²) in [7, 11) is 0. The van der Waals surface area contributed by atoms with E-state index in [1.165, 1.54) is 17.1 Å². The number of nitrogens with one attached hydrogen (secondary N) is 2. The quantitative estimate of drug-likeness (QED) is 0.316. The van der Waals surface area contributed by atoms with Crippen LogP contribution < -0.4 is 10.6 Å². The van der Waals surface area contributed by atoms with E-state index in [1.54, 1.807) is 12.1 Å². The van der Waals surface area contributed by atoms with Crippen LogP contribution in [0, 0.1) is 0 Å². The van der Waals surface area contributed by atoms with E-state index in [0.29, 0.717) is 28.4 Å². The number of rotatable bonds is 8. The highest BCUT2D eigenvalue weighted by Gasteiger charge is 2.28. The zero-order valence-corrected chi connectivity index (χ0v) is 21.9. The van der Waals surface area contributed by atoms with Crippen LogP contribution in [-0.2, 0) is 22.6 Å². The maximum atomic E-state index is 13.1. The summed E-state index contributed by atoms with van der Waals surface area (Å²) in [5.41, 5.74) is 6.59. The second-order valence-corrected chi connectivity index (χ2v) is 10.9. The van der Waals surface area contributed by atoms with E-state index in [-0.39, 0.29) is 12.3 Å². The van der Waals surface area contributed by atoms with Crippen molar-refractivity contribution in [2.45, 2.75) is 19.4 Å². The Balaban J connectivity index is 1.46. The predicted molar refractivity (Wildman–Crippen MR) is 152 cm³/mol. The van der Waals surface area contributed by atoms with Crippen molar-refractivity contribution in [3.8, 4) is 0 Å². The molecular formula is C29H28ClN3O3S. The van der Waals surface area contributed by atoms with E-state index in [4.69, 9.17) is 16.7 Å². The maximum Gasteiger partial charge on any atom is 0.303 e. The average molecular weight is 534 g/mol. The topological polar surface area (TPSA) is 81.7 Å². The second-order valence-electron chi connectivity index (χ2n) is 9.20. The van der Waals surface area contributed by atoms with Crippen molar-refractivity contribution in [3.05, 3.63) is 94.0 Å². The van der Waals surface area contributed by atoms with Crippen LogP contribution in [0.4, 0.5) is 11.4 Å². The van der Waals surface area contributed by atoms with Crippen molar-refractivity contribution < 1.29 is 14.7 Å². The lowest BCUT2D eigenvalue weighted by Gasteiger charge is -2.26. The number of hydrogen-bond donors (Lipinski definition) is 3. The molecule has 2 heterocycles. The Kier molecular flexibility index (Phi) is 7.84. The zero-order valence-electron chi connectivity index (χ0n) is 20.3. The summed E-state index contributed by atoms with van der Waals surface area (Å²) in [6.07, 6.45) is 0.526. The van der Waals surface area contributed by atoms with E-state index in [9.17, 15) is 9.59 Å². The van der Waals surface area contributed by atoms with Crippen LogP contribution in [0.25, 0.3) is 11.3 Å². The van der Waals surface area contributed by atoms with Gasteiger partial charge in [0.25, 0.3) is 5.91 Å². The third kappa shape index (κ3) is 6.18. The average Bonchev–Trinajstić information content (AvgIpc) is 3.22. The highest BCUT2D eigenvalue weighted by Crippen LogP contribution is 2.39.